The number of hydrogen-bond acceptors (Lipinski definition) is 1. The average molecular weight is 176 g/mol. The summed E-state index contributed by atoms with van der Waals surface area (Å²) in [6, 6.07) is 8.29. The Kier molecular flexibility index (Phi) is 3.69. The third-order valence-corrected chi connectivity index (χ3v) is 2.23. The van der Waals surface area contributed by atoms with Gasteiger partial charge >= 0.3 is 0 Å². The highest BCUT2D eigenvalue weighted by atomic mass is 16.1. The van der Waals surface area contributed by atoms with Gasteiger partial charge < -0.3 is 0 Å². The molecule has 0 atom stereocenters. The first-order valence-electron chi connectivity index (χ1n) is 4.85. The minimum atomic E-state index is 0.309. The maximum atomic E-state index is 11.1. The van der Waals surface area contributed by atoms with Crippen molar-refractivity contribution in [2.24, 2.45) is 0 Å². The predicted molar refractivity (Wildman–Crippen MR) is 54.8 cm³/mol. The van der Waals surface area contributed by atoms with Gasteiger partial charge in [-0.1, -0.05) is 38.1 Å². The summed E-state index contributed by atoms with van der Waals surface area (Å²) in [6.07, 6.45) is 2.28. The molecule has 1 rings (SSSR count). The van der Waals surface area contributed by atoms with Gasteiger partial charge in [0, 0.05) is 12.8 Å². The van der Waals surface area contributed by atoms with Gasteiger partial charge in [-0.05, 0) is 17.5 Å². The van der Waals surface area contributed by atoms with Crippen molar-refractivity contribution in [1.82, 2.24) is 0 Å². The molecule has 1 heteroatoms. The summed E-state index contributed by atoms with van der Waals surface area (Å²) >= 11 is 0. The Morgan fingerprint density at radius 3 is 2.08 bits per heavy atom. The van der Waals surface area contributed by atoms with Gasteiger partial charge in [0.15, 0.2) is 0 Å². The van der Waals surface area contributed by atoms with Crippen molar-refractivity contribution in [2.75, 3.05) is 0 Å². The van der Waals surface area contributed by atoms with Crippen molar-refractivity contribution in [1.29, 1.82) is 0 Å². The molecule has 0 saturated heterocycles. The standard InChI is InChI=1S/C12H16O/c1-3-10-5-7-11(8-6-10)9-12(13)4-2/h5-8H,3-4,9H2,1-2H3. The maximum absolute atomic E-state index is 11.1. The van der Waals surface area contributed by atoms with E-state index in [4.69, 9.17) is 0 Å². The second-order valence-corrected chi connectivity index (χ2v) is 3.24. The van der Waals surface area contributed by atoms with E-state index >= 15 is 0 Å². The maximum Gasteiger partial charge on any atom is 0.136 e. The molecule has 70 valence electrons. The number of ketones is 1. The van der Waals surface area contributed by atoms with Crippen LogP contribution in [0, 0.1) is 0 Å². The lowest BCUT2D eigenvalue weighted by atomic mass is 10.0. The molecule has 1 aromatic rings. The van der Waals surface area contributed by atoms with E-state index in [1.165, 1.54) is 5.56 Å². The van der Waals surface area contributed by atoms with E-state index in [0.29, 0.717) is 18.6 Å². The van der Waals surface area contributed by atoms with E-state index in [0.717, 1.165) is 12.0 Å². The molecule has 0 aliphatic carbocycles. The molecule has 0 bridgehead atoms. The fourth-order valence-corrected chi connectivity index (χ4v) is 1.25. The number of hydrogen-bond donors (Lipinski definition) is 0. The van der Waals surface area contributed by atoms with Crippen LogP contribution in [0.3, 0.4) is 0 Å². The van der Waals surface area contributed by atoms with Gasteiger partial charge in [0.05, 0.1) is 0 Å². The monoisotopic (exact) mass is 176 g/mol. The van der Waals surface area contributed by atoms with E-state index < -0.39 is 0 Å². The highest BCUT2D eigenvalue weighted by molar-refractivity contribution is 5.80. The summed E-state index contributed by atoms with van der Waals surface area (Å²) in [4.78, 5) is 11.1. The molecule has 13 heavy (non-hydrogen) atoms. The van der Waals surface area contributed by atoms with Crippen LogP contribution in [0.1, 0.15) is 31.4 Å². The Hall–Kier alpha value is -1.11. The fraction of sp³-hybridized carbons (Fsp3) is 0.417. The molecule has 0 N–H and O–H groups in total. The molecule has 0 spiro atoms. The van der Waals surface area contributed by atoms with E-state index in [1.807, 2.05) is 19.1 Å². The molecule has 0 fully saturated rings. The normalized spacial score (nSPS) is 10.0. The topological polar surface area (TPSA) is 17.1 Å². The van der Waals surface area contributed by atoms with Crippen molar-refractivity contribution >= 4 is 5.78 Å². The van der Waals surface area contributed by atoms with E-state index in [-0.39, 0.29) is 0 Å². The molecular weight excluding hydrogens is 160 g/mol. The lowest BCUT2D eigenvalue weighted by Gasteiger charge is -2.00. The first-order valence-corrected chi connectivity index (χ1v) is 4.85. The van der Waals surface area contributed by atoms with Crippen molar-refractivity contribution < 1.29 is 4.79 Å². The van der Waals surface area contributed by atoms with Gasteiger partial charge in [-0.2, -0.15) is 0 Å². The van der Waals surface area contributed by atoms with Crippen LogP contribution in [0.15, 0.2) is 24.3 Å². The van der Waals surface area contributed by atoms with Crippen LogP contribution in [0.25, 0.3) is 0 Å². The van der Waals surface area contributed by atoms with E-state index in [2.05, 4.69) is 19.1 Å². The van der Waals surface area contributed by atoms with Gasteiger partial charge in [-0.15, -0.1) is 0 Å². The number of carbonyl (C=O) groups excluding carboxylic acids is 1. The van der Waals surface area contributed by atoms with Gasteiger partial charge in [0.1, 0.15) is 5.78 Å². The minimum absolute atomic E-state index is 0.309. The molecule has 0 radical (unpaired) electrons. The van der Waals surface area contributed by atoms with Gasteiger partial charge in [0.25, 0.3) is 0 Å². The summed E-state index contributed by atoms with van der Waals surface area (Å²) in [5.41, 5.74) is 2.46. The molecule has 0 saturated carbocycles. The molecule has 1 aromatic carbocycles. The third kappa shape index (κ3) is 3.02. The summed E-state index contributed by atoms with van der Waals surface area (Å²) < 4.78 is 0. The molecule has 0 amide bonds. The highest BCUT2D eigenvalue weighted by Gasteiger charge is 1.99. The Bertz CT molecular complexity index is 272. The zero-order valence-corrected chi connectivity index (χ0v) is 8.34. The number of rotatable bonds is 4. The Labute approximate surface area is 79.8 Å². The fourth-order valence-electron chi connectivity index (χ4n) is 1.25. The summed E-state index contributed by atoms with van der Waals surface area (Å²) in [5, 5.41) is 0. The number of Topliss-reactive ketones (excluding diaryl/α,β-unsaturated/α-hetero) is 1. The SMILES string of the molecule is CCC(=O)Cc1ccc(CC)cc1. The zero-order valence-electron chi connectivity index (χ0n) is 8.34. The lowest BCUT2D eigenvalue weighted by molar-refractivity contribution is -0.118. The average Bonchev–Trinajstić information content (AvgIpc) is 2.19. The molecule has 1 nitrogen and oxygen atoms in total. The lowest BCUT2D eigenvalue weighted by Crippen LogP contribution is -1.99. The summed E-state index contributed by atoms with van der Waals surface area (Å²) in [7, 11) is 0. The molecule has 0 aliphatic rings. The molecule has 0 aromatic heterocycles. The van der Waals surface area contributed by atoms with Crippen LogP contribution in [-0.2, 0) is 17.6 Å². The van der Waals surface area contributed by atoms with E-state index in [9.17, 15) is 4.79 Å². The second kappa shape index (κ2) is 4.80. The van der Waals surface area contributed by atoms with Crippen LogP contribution in [-0.4, -0.2) is 5.78 Å². The summed E-state index contributed by atoms with van der Waals surface area (Å²) in [5.74, 6) is 0.309. The number of aryl methyl sites for hydroxylation is 1. The van der Waals surface area contributed by atoms with Gasteiger partial charge in [-0.3, -0.25) is 4.79 Å². The van der Waals surface area contributed by atoms with Crippen molar-refractivity contribution in [3.8, 4) is 0 Å². The van der Waals surface area contributed by atoms with Gasteiger partial charge in [-0.25, -0.2) is 0 Å². The van der Waals surface area contributed by atoms with Crippen molar-refractivity contribution in [3.63, 3.8) is 0 Å². The van der Waals surface area contributed by atoms with Crippen molar-refractivity contribution in [2.45, 2.75) is 33.1 Å². The van der Waals surface area contributed by atoms with Crippen LogP contribution >= 0.6 is 0 Å². The van der Waals surface area contributed by atoms with Crippen molar-refractivity contribution in [3.05, 3.63) is 35.4 Å². The quantitative estimate of drug-likeness (QED) is 0.689. The Balaban J connectivity index is 2.64. The molecule has 0 heterocycles. The molecule has 0 unspecified atom stereocenters. The van der Waals surface area contributed by atoms with E-state index in [1.54, 1.807) is 0 Å². The second-order valence-electron chi connectivity index (χ2n) is 3.24. The largest absolute Gasteiger partial charge is 0.299 e. The van der Waals surface area contributed by atoms with Crippen LogP contribution in [0.4, 0.5) is 0 Å². The predicted octanol–water partition coefficient (Wildman–Crippen LogP) is 2.77. The van der Waals surface area contributed by atoms with Crippen LogP contribution < -0.4 is 0 Å². The minimum Gasteiger partial charge on any atom is -0.299 e. The third-order valence-electron chi connectivity index (χ3n) is 2.23. The molecule has 0 aliphatic heterocycles. The Morgan fingerprint density at radius 2 is 1.62 bits per heavy atom. The summed E-state index contributed by atoms with van der Waals surface area (Å²) in [6.45, 7) is 4.04. The number of carbonyl (C=O) groups is 1. The Morgan fingerprint density at radius 1 is 1.08 bits per heavy atom. The number of benzene rings is 1. The smallest absolute Gasteiger partial charge is 0.136 e. The van der Waals surface area contributed by atoms with Crippen LogP contribution in [0.5, 0.6) is 0 Å². The molecular formula is C12H16O. The highest BCUT2D eigenvalue weighted by Crippen LogP contribution is 2.06. The zero-order chi connectivity index (χ0) is 9.68. The first kappa shape index (κ1) is 9.97. The van der Waals surface area contributed by atoms with Gasteiger partial charge in [0.2, 0.25) is 0 Å². The first-order chi connectivity index (χ1) is 6.26. The van der Waals surface area contributed by atoms with Crippen LogP contribution in [0.2, 0.25) is 0 Å².